The van der Waals surface area contributed by atoms with E-state index < -0.39 is 0 Å². The molecule has 0 radical (unpaired) electrons. The summed E-state index contributed by atoms with van der Waals surface area (Å²) in [6, 6.07) is 0.443. The largest absolute Gasteiger partial charge is 0.380 e. The van der Waals surface area contributed by atoms with Gasteiger partial charge in [-0.25, -0.2) is 5.10 Å². The Morgan fingerprint density at radius 1 is 1.44 bits per heavy atom. The molecule has 0 spiro atoms. The molecule has 1 fully saturated rings. The number of hydrogen-bond donors (Lipinski definition) is 2. The molecule has 1 aliphatic carbocycles. The number of rotatable bonds is 3. The monoisotopic (exact) mass is 313 g/mol. The molecule has 4 nitrogen and oxygen atoms in total. The highest BCUT2D eigenvalue weighted by Crippen LogP contribution is 2.33. The zero-order chi connectivity index (χ0) is 13.1. The van der Waals surface area contributed by atoms with Crippen molar-refractivity contribution >= 4 is 21.6 Å². The fraction of sp³-hybridized carbons (Fsp3) is 0.692. The van der Waals surface area contributed by atoms with Gasteiger partial charge in [0.15, 0.2) is 0 Å². The van der Waals surface area contributed by atoms with Gasteiger partial charge in [-0.15, -0.1) is 0 Å². The predicted molar refractivity (Wildman–Crippen MR) is 76.8 cm³/mol. The molecule has 5 heteroatoms. The van der Waals surface area contributed by atoms with Crippen LogP contribution in [0.5, 0.6) is 0 Å². The Bertz CT molecular complexity index is 458. The molecular weight excluding hydrogens is 294 g/mol. The van der Waals surface area contributed by atoms with E-state index in [0.29, 0.717) is 22.4 Å². The Labute approximate surface area is 116 Å². The van der Waals surface area contributed by atoms with Crippen LogP contribution in [0.25, 0.3) is 0 Å². The van der Waals surface area contributed by atoms with Gasteiger partial charge in [0.05, 0.1) is 11.9 Å². The van der Waals surface area contributed by atoms with E-state index in [-0.39, 0.29) is 5.56 Å². The number of hydrogen-bond acceptors (Lipinski definition) is 3. The lowest BCUT2D eigenvalue weighted by Gasteiger charge is -2.35. The first-order valence-corrected chi connectivity index (χ1v) is 7.38. The average molecular weight is 314 g/mol. The van der Waals surface area contributed by atoms with Gasteiger partial charge in [0.1, 0.15) is 4.47 Å². The second kappa shape index (κ2) is 5.87. The van der Waals surface area contributed by atoms with Crippen LogP contribution < -0.4 is 10.9 Å². The summed E-state index contributed by atoms with van der Waals surface area (Å²) in [4.78, 5) is 11.5. The summed E-state index contributed by atoms with van der Waals surface area (Å²) in [5.41, 5.74) is 0.619. The molecule has 1 aromatic heterocycles. The third kappa shape index (κ3) is 2.94. The van der Waals surface area contributed by atoms with E-state index in [9.17, 15) is 4.79 Å². The van der Waals surface area contributed by atoms with Gasteiger partial charge >= 0.3 is 0 Å². The van der Waals surface area contributed by atoms with Gasteiger partial charge < -0.3 is 5.32 Å². The molecule has 1 aromatic rings. The average Bonchev–Trinajstić information content (AvgIpc) is 2.35. The Hall–Kier alpha value is -0.840. The molecule has 0 saturated heterocycles. The Morgan fingerprint density at radius 2 is 2.17 bits per heavy atom. The van der Waals surface area contributed by atoms with Crippen LogP contribution in [0, 0.1) is 11.8 Å². The number of aromatic amines is 1. The summed E-state index contributed by atoms with van der Waals surface area (Å²) >= 11 is 3.32. The van der Waals surface area contributed by atoms with Crippen molar-refractivity contribution in [2.24, 2.45) is 11.8 Å². The van der Waals surface area contributed by atoms with Crippen molar-refractivity contribution in [1.82, 2.24) is 10.2 Å². The topological polar surface area (TPSA) is 57.8 Å². The Morgan fingerprint density at radius 3 is 2.89 bits per heavy atom. The summed E-state index contributed by atoms with van der Waals surface area (Å²) in [7, 11) is 0. The minimum Gasteiger partial charge on any atom is -0.380 e. The van der Waals surface area contributed by atoms with E-state index in [1.165, 1.54) is 25.7 Å². The maximum atomic E-state index is 11.5. The normalized spacial score (nSPS) is 24.2. The van der Waals surface area contributed by atoms with Crippen molar-refractivity contribution in [3.63, 3.8) is 0 Å². The van der Waals surface area contributed by atoms with Crippen molar-refractivity contribution in [2.75, 3.05) is 5.32 Å². The van der Waals surface area contributed by atoms with Crippen molar-refractivity contribution in [1.29, 1.82) is 0 Å². The molecule has 1 heterocycles. The molecular formula is C13H20BrN3O. The van der Waals surface area contributed by atoms with Crippen LogP contribution in [0.15, 0.2) is 15.5 Å². The van der Waals surface area contributed by atoms with Gasteiger partial charge in [-0.1, -0.05) is 26.7 Å². The molecule has 0 bridgehead atoms. The van der Waals surface area contributed by atoms with Gasteiger partial charge in [0.2, 0.25) is 0 Å². The van der Waals surface area contributed by atoms with Crippen LogP contribution in [0.3, 0.4) is 0 Å². The fourth-order valence-corrected chi connectivity index (χ4v) is 3.13. The molecule has 100 valence electrons. The number of anilines is 1. The van der Waals surface area contributed by atoms with E-state index >= 15 is 0 Å². The second-order valence-corrected chi connectivity index (χ2v) is 6.16. The van der Waals surface area contributed by atoms with Gasteiger partial charge in [0.25, 0.3) is 5.56 Å². The maximum absolute atomic E-state index is 11.5. The standard InChI is InChI=1S/C13H20BrN3O/c1-8(2)9-5-3-4-6-10(9)16-11-7-15-17-13(18)12(11)14/h7-10H,3-6H2,1-2H3,(H2,16,17,18). The molecule has 1 saturated carbocycles. The molecule has 2 rings (SSSR count). The smallest absolute Gasteiger partial charge is 0.280 e. The van der Waals surface area contributed by atoms with Crippen molar-refractivity contribution in [3.8, 4) is 0 Å². The SMILES string of the molecule is CC(C)C1CCCCC1Nc1cn[nH]c(=O)c1Br. The van der Waals surface area contributed by atoms with Crippen LogP contribution in [0.1, 0.15) is 39.5 Å². The van der Waals surface area contributed by atoms with Crippen molar-refractivity contribution in [3.05, 3.63) is 21.0 Å². The first kappa shape index (κ1) is 13.6. The van der Waals surface area contributed by atoms with E-state index in [1.54, 1.807) is 6.20 Å². The first-order chi connectivity index (χ1) is 8.59. The molecule has 0 amide bonds. The molecule has 2 atom stereocenters. The highest BCUT2D eigenvalue weighted by atomic mass is 79.9. The minimum absolute atomic E-state index is 0.183. The first-order valence-electron chi connectivity index (χ1n) is 6.59. The van der Waals surface area contributed by atoms with Gasteiger partial charge in [0, 0.05) is 6.04 Å². The van der Waals surface area contributed by atoms with Gasteiger partial charge in [-0.05, 0) is 40.6 Å². The third-order valence-corrected chi connectivity index (χ3v) is 4.60. The Kier molecular flexibility index (Phi) is 4.43. The quantitative estimate of drug-likeness (QED) is 0.901. The highest BCUT2D eigenvalue weighted by molar-refractivity contribution is 9.10. The summed E-state index contributed by atoms with van der Waals surface area (Å²) in [5, 5.41) is 9.76. The van der Waals surface area contributed by atoms with Crippen molar-refractivity contribution in [2.45, 2.75) is 45.6 Å². The van der Waals surface area contributed by atoms with Gasteiger partial charge in [-0.2, -0.15) is 5.10 Å². The number of aromatic nitrogens is 2. The minimum atomic E-state index is -0.183. The molecule has 2 unspecified atom stereocenters. The lowest BCUT2D eigenvalue weighted by atomic mass is 9.78. The molecule has 2 N–H and O–H groups in total. The number of H-pyrrole nitrogens is 1. The number of halogens is 1. The molecule has 1 aliphatic rings. The number of nitrogens with zero attached hydrogens (tertiary/aromatic N) is 1. The fourth-order valence-electron chi connectivity index (χ4n) is 2.82. The van der Waals surface area contributed by atoms with Crippen LogP contribution in [0.2, 0.25) is 0 Å². The predicted octanol–water partition coefficient (Wildman–Crippen LogP) is 3.16. The lowest BCUT2D eigenvalue weighted by Crippen LogP contribution is -2.35. The third-order valence-electron chi connectivity index (χ3n) is 3.81. The molecule has 0 aromatic carbocycles. The molecule has 18 heavy (non-hydrogen) atoms. The van der Waals surface area contributed by atoms with E-state index in [1.807, 2.05) is 0 Å². The van der Waals surface area contributed by atoms with E-state index in [4.69, 9.17) is 0 Å². The Balaban J connectivity index is 2.16. The van der Waals surface area contributed by atoms with E-state index in [0.717, 1.165) is 5.69 Å². The summed E-state index contributed by atoms with van der Waals surface area (Å²) in [6.45, 7) is 4.55. The van der Waals surface area contributed by atoms with Crippen LogP contribution in [0.4, 0.5) is 5.69 Å². The van der Waals surface area contributed by atoms with E-state index in [2.05, 4.69) is 45.3 Å². The van der Waals surface area contributed by atoms with Crippen LogP contribution in [-0.4, -0.2) is 16.2 Å². The summed E-state index contributed by atoms with van der Waals surface area (Å²) in [5.74, 6) is 1.33. The zero-order valence-electron chi connectivity index (χ0n) is 10.9. The van der Waals surface area contributed by atoms with Crippen molar-refractivity contribution < 1.29 is 0 Å². The zero-order valence-corrected chi connectivity index (χ0v) is 12.5. The van der Waals surface area contributed by atoms with Gasteiger partial charge in [-0.3, -0.25) is 4.79 Å². The van der Waals surface area contributed by atoms with Crippen LogP contribution in [-0.2, 0) is 0 Å². The molecule has 0 aliphatic heterocycles. The summed E-state index contributed by atoms with van der Waals surface area (Å²) < 4.78 is 0.547. The summed E-state index contributed by atoms with van der Waals surface area (Å²) in [6.07, 6.45) is 6.69. The number of nitrogens with one attached hydrogen (secondary N) is 2. The highest BCUT2D eigenvalue weighted by Gasteiger charge is 2.27. The van der Waals surface area contributed by atoms with Crippen LogP contribution >= 0.6 is 15.9 Å². The lowest BCUT2D eigenvalue weighted by molar-refractivity contribution is 0.253. The maximum Gasteiger partial charge on any atom is 0.280 e. The second-order valence-electron chi connectivity index (χ2n) is 5.37.